The molecule has 142 valence electrons. The number of ether oxygens (including phenoxy) is 1. The third-order valence-corrected chi connectivity index (χ3v) is 4.74. The van der Waals surface area contributed by atoms with Crippen molar-refractivity contribution >= 4 is 11.2 Å². The van der Waals surface area contributed by atoms with Crippen LogP contribution in [0, 0.1) is 0 Å². The second kappa shape index (κ2) is 7.19. The molecule has 7 nitrogen and oxygen atoms in total. The van der Waals surface area contributed by atoms with Crippen molar-refractivity contribution in [3.8, 4) is 11.4 Å². The monoisotopic (exact) mass is 376 g/mol. The zero-order chi connectivity index (χ0) is 19.7. The number of methoxy groups -OCH3 is 1. The van der Waals surface area contributed by atoms with E-state index in [0.717, 1.165) is 11.3 Å². The molecule has 4 aromatic rings. The molecule has 0 aliphatic rings. The fourth-order valence-electron chi connectivity index (χ4n) is 3.32. The van der Waals surface area contributed by atoms with Crippen LogP contribution in [0.25, 0.3) is 16.9 Å². The summed E-state index contributed by atoms with van der Waals surface area (Å²) in [5.41, 5.74) is 1.72. The summed E-state index contributed by atoms with van der Waals surface area (Å²) >= 11 is 0. The van der Waals surface area contributed by atoms with Crippen LogP contribution in [-0.2, 0) is 13.1 Å². The zero-order valence-electron chi connectivity index (χ0n) is 15.7. The average molecular weight is 376 g/mol. The number of imidazole rings is 1. The third-order valence-electron chi connectivity index (χ3n) is 4.74. The molecule has 0 saturated heterocycles. The minimum absolute atomic E-state index is 0.286. The van der Waals surface area contributed by atoms with Gasteiger partial charge in [0.2, 0.25) is 0 Å². The molecule has 0 unspecified atom stereocenters. The van der Waals surface area contributed by atoms with E-state index >= 15 is 0 Å². The quantitative estimate of drug-likeness (QED) is 0.536. The summed E-state index contributed by atoms with van der Waals surface area (Å²) in [6.07, 6.45) is 1.61. The highest BCUT2D eigenvalue weighted by Gasteiger charge is 2.18. The number of aromatic nitrogens is 4. The summed E-state index contributed by atoms with van der Waals surface area (Å²) in [5.74, 6) is 0.769. The molecular weight excluding hydrogens is 356 g/mol. The van der Waals surface area contributed by atoms with Gasteiger partial charge in [-0.1, -0.05) is 30.3 Å². The van der Waals surface area contributed by atoms with Gasteiger partial charge in [-0.05, 0) is 36.8 Å². The van der Waals surface area contributed by atoms with Crippen molar-refractivity contribution in [2.45, 2.75) is 20.0 Å². The Morgan fingerprint density at radius 2 is 1.71 bits per heavy atom. The molecule has 4 rings (SSSR count). The smallest absolute Gasteiger partial charge is 0.337 e. The lowest BCUT2D eigenvalue weighted by Crippen LogP contribution is -2.39. The number of fused-ring (bicyclic) bond motifs is 1. The highest BCUT2D eigenvalue weighted by molar-refractivity contribution is 5.72. The van der Waals surface area contributed by atoms with E-state index in [-0.39, 0.29) is 17.8 Å². The lowest BCUT2D eigenvalue weighted by Gasteiger charge is -2.11. The maximum atomic E-state index is 13.0. The predicted molar refractivity (Wildman–Crippen MR) is 107 cm³/mol. The molecule has 0 atom stereocenters. The number of rotatable bonds is 5. The van der Waals surface area contributed by atoms with Gasteiger partial charge in [0.15, 0.2) is 11.2 Å². The first-order chi connectivity index (χ1) is 13.6. The number of nitrogens with zero attached hydrogens (tertiary/aromatic N) is 4. The van der Waals surface area contributed by atoms with Crippen LogP contribution in [0.15, 0.2) is 70.5 Å². The fourth-order valence-corrected chi connectivity index (χ4v) is 3.32. The molecule has 0 aliphatic heterocycles. The van der Waals surface area contributed by atoms with Crippen molar-refractivity contribution in [2.24, 2.45) is 0 Å². The Balaban J connectivity index is 1.93. The molecular formula is C21H20N4O3. The Labute approximate surface area is 161 Å². The number of hydrogen-bond donors (Lipinski definition) is 0. The number of para-hydroxylation sites is 1. The van der Waals surface area contributed by atoms with E-state index in [1.807, 2.05) is 54.6 Å². The molecule has 0 bridgehead atoms. The van der Waals surface area contributed by atoms with Gasteiger partial charge in [-0.15, -0.1) is 0 Å². The van der Waals surface area contributed by atoms with Crippen LogP contribution >= 0.6 is 0 Å². The van der Waals surface area contributed by atoms with Crippen LogP contribution in [0.5, 0.6) is 5.75 Å². The predicted octanol–water partition coefficient (Wildman–Crippen LogP) is 2.43. The van der Waals surface area contributed by atoms with Gasteiger partial charge in [0.1, 0.15) is 5.75 Å². The molecule has 2 aromatic carbocycles. The SMILES string of the molecule is CCn1c(=O)c2c(ncn2Cc2ccc(OC)cc2)n(-c2ccccc2)c1=O. The van der Waals surface area contributed by atoms with Gasteiger partial charge in [-0.2, -0.15) is 0 Å². The Hall–Kier alpha value is -3.61. The Kier molecular flexibility index (Phi) is 4.57. The first-order valence-electron chi connectivity index (χ1n) is 9.03. The van der Waals surface area contributed by atoms with Gasteiger partial charge in [0.25, 0.3) is 5.56 Å². The van der Waals surface area contributed by atoms with Gasteiger partial charge in [-0.25, -0.2) is 14.3 Å². The minimum Gasteiger partial charge on any atom is -0.497 e. The largest absolute Gasteiger partial charge is 0.497 e. The summed E-state index contributed by atoms with van der Waals surface area (Å²) in [6.45, 7) is 2.54. The second-order valence-corrected chi connectivity index (χ2v) is 6.40. The number of hydrogen-bond acceptors (Lipinski definition) is 4. The van der Waals surface area contributed by atoms with Crippen LogP contribution in [0.4, 0.5) is 0 Å². The molecule has 0 aliphatic carbocycles. The summed E-state index contributed by atoms with van der Waals surface area (Å²) in [6, 6.07) is 16.9. The van der Waals surface area contributed by atoms with Crippen LogP contribution in [-0.4, -0.2) is 25.8 Å². The Morgan fingerprint density at radius 3 is 2.36 bits per heavy atom. The van der Waals surface area contributed by atoms with Crippen LogP contribution in [0.3, 0.4) is 0 Å². The summed E-state index contributed by atoms with van der Waals surface area (Å²) < 4.78 is 9.70. The van der Waals surface area contributed by atoms with E-state index in [9.17, 15) is 9.59 Å². The minimum atomic E-state index is -0.388. The van der Waals surface area contributed by atoms with Gasteiger partial charge >= 0.3 is 5.69 Å². The summed E-state index contributed by atoms with van der Waals surface area (Å²) in [4.78, 5) is 30.4. The first kappa shape index (κ1) is 17.8. The molecule has 0 N–H and O–H groups in total. The van der Waals surface area contributed by atoms with Gasteiger partial charge < -0.3 is 9.30 Å². The van der Waals surface area contributed by atoms with Crippen molar-refractivity contribution in [1.82, 2.24) is 18.7 Å². The van der Waals surface area contributed by atoms with Crippen molar-refractivity contribution in [3.05, 3.63) is 87.3 Å². The molecule has 0 fully saturated rings. The van der Waals surface area contributed by atoms with Crippen LogP contribution in [0.2, 0.25) is 0 Å². The topological polar surface area (TPSA) is 71.0 Å². The molecule has 2 aromatic heterocycles. The highest BCUT2D eigenvalue weighted by Crippen LogP contribution is 2.16. The molecule has 0 amide bonds. The lowest BCUT2D eigenvalue weighted by molar-refractivity contribution is 0.414. The van der Waals surface area contributed by atoms with Crippen molar-refractivity contribution in [3.63, 3.8) is 0 Å². The molecule has 7 heteroatoms. The fraction of sp³-hybridized carbons (Fsp3) is 0.190. The second-order valence-electron chi connectivity index (χ2n) is 6.40. The van der Waals surface area contributed by atoms with E-state index in [1.54, 1.807) is 24.9 Å². The van der Waals surface area contributed by atoms with E-state index in [2.05, 4.69) is 4.98 Å². The standard InChI is InChI=1S/C21H20N4O3/c1-3-24-20(26)18-19(25(21(24)27)16-7-5-4-6-8-16)22-14-23(18)13-15-9-11-17(28-2)12-10-15/h4-12,14H,3,13H2,1-2H3. The molecule has 0 radical (unpaired) electrons. The molecule has 28 heavy (non-hydrogen) atoms. The lowest BCUT2D eigenvalue weighted by atomic mass is 10.2. The highest BCUT2D eigenvalue weighted by atomic mass is 16.5. The third kappa shape index (κ3) is 2.90. The Bertz CT molecular complexity index is 1240. The van der Waals surface area contributed by atoms with Crippen LogP contribution in [0.1, 0.15) is 12.5 Å². The van der Waals surface area contributed by atoms with Gasteiger partial charge in [-0.3, -0.25) is 9.36 Å². The van der Waals surface area contributed by atoms with E-state index < -0.39 is 0 Å². The average Bonchev–Trinajstić information content (AvgIpc) is 3.13. The summed E-state index contributed by atoms with van der Waals surface area (Å²) in [7, 11) is 1.62. The Morgan fingerprint density at radius 1 is 1.00 bits per heavy atom. The van der Waals surface area contributed by atoms with E-state index in [4.69, 9.17) is 4.74 Å². The number of benzene rings is 2. The summed E-state index contributed by atoms with van der Waals surface area (Å²) in [5, 5.41) is 0. The normalized spacial score (nSPS) is 11.1. The van der Waals surface area contributed by atoms with Crippen LogP contribution < -0.4 is 16.0 Å². The molecule has 0 spiro atoms. The zero-order valence-corrected chi connectivity index (χ0v) is 15.7. The van der Waals surface area contributed by atoms with Crippen molar-refractivity contribution in [2.75, 3.05) is 7.11 Å². The van der Waals surface area contributed by atoms with Crippen molar-refractivity contribution in [1.29, 1.82) is 0 Å². The van der Waals surface area contributed by atoms with Gasteiger partial charge in [0, 0.05) is 13.1 Å². The molecule has 0 saturated carbocycles. The maximum absolute atomic E-state index is 13.0. The molecule has 2 heterocycles. The van der Waals surface area contributed by atoms with E-state index in [0.29, 0.717) is 23.4 Å². The maximum Gasteiger partial charge on any atom is 0.337 e. The van der Waals surface area contributed by atoms with E-state index in [1.165, 1.54) is 9.13 Å². The first-order valence-corrected chi connectivity index (χ1v) is 9.03. The van der Waals surface area contributed by atoms with Gasteiger partial charge in [0.05, 0.1) is 19.1 Å². The van der Waals surface area contributed by atoms with Crippen molar-refractivity contribution < 1.29 is 4.74 Å².